The zero-order valence-electron chi connectivity index (χ0n) is 13.8. The first-order chi connectivity index (χ1) is 11.1. The highest BCUT2D eigenvalue weighted by molar-refractivity contribution is 5.92. The quantitative estimate of drug-likeness (QED) is 0.746. The fraction of sp³-hybridized carbons (Fsp3) is 0.625. The molecular weight excluding hydrogens is 296 g/mol. The summed E-state index contributed by atoms with van der Waals surface area (Å²) >= 11 is 0. The third-order valence-corrected chi connectivity index (χ3v) is 3.91. The van der Waals surface area contributed by atoms with Crippen molar-refractivity contribution in [3.05, 3.63) is 23.8 Å². The van der Waals surface area contributed by atoms with E-state index in [1.807, 2.05) is 11.8 Å². The molecule has 1 saturated heterocycles. The van der Waals surface area contributed by atoms with Crippen molar-refractivity contribution < 1.29 is 14.3 Å². The third kappa shape index (κ3) is 4.99. The number of methoxy groups -OCH3 is 1. The summed E-state index contributed by atoms with van der Waals surface area (Å²) in [7, 11) is 1.59. The number of aryl methyl sites for hydroxylation is 1. The Labute approximate surface area is 136 Å². The Morgan fingerprint density at radius 1 is 1.22 bits per heavy atom. The number of amides is 2. The highest BCUT2D eigenvalue weighted by atomic mass is 16.5. The lowest BCUT2D eigenvalue weighted by Crippen LogP contribution is -2.38. The molecule has 1 aliphatic heterocycles. The second-order valence-electron chi connectivity index (χ2n) is 5.67. The maximum atomic E-state index is 12.5. The minimum Gasteiger partial charge on any atom is -0.383 e. The molecule has 0 bridgehead atoms. The highest BCUT2D eigenvalue weighted by Crippen LogP contribution is 2.10. The number of carbonyl (C=O) groups is 2. The molecule has 1 fully saturated rings. The van der Waals surface area contributed by atoms with Crippen LogP contribution in [0.3, 0.4) is 0 Å². The maximum absolute atomic E-state index is 12.5. The van der Waals surface area contributed by atoms with Gasteiger partial charge in [-0.1, -0.05) is 0 Å². The molecule has 0 aliphatic carbocycles. The molecule has 1 aliphatic rings. The van der Waals surface area contributed by atoms with Crippen molar-refractivity contribution in [3.8, 4) is 0 Å². The molecule has 1 aromatic heterocycles. The molecule has 7 nitrogen and oxygen atoms in total. The Kier molecular flexibility index (Phi) is 6.46. The average Bonchev–Trinajstić information content (AvgIpc) is 3.09. The fourth-order valence-electron chi connectivity index (χ4n) is 2.54. The van der Waals surface area contributed by atoms with E-state index in [9.17, 15) is 9.59 Å². The molecule has 0 unspecified atom stereocenters. The number of aromatic nitrogens is 2. The molecule has 0 aromatic carbocycles. The van der Waals surface area contributed by atoms with Crippen molar-refractivity contribution in [2.45, 2.75) is 26.2 Å². The predicted molar refractivity (Wildman–Crippen MR) is 85.0 cm³/mol. The van der Waals surface area contributed by atoms with Gasteiger partial charge < -0.3 is 14.5 Å². The molecule has 2 amide bonds. The largest absolute Gasteiger partial charge is 0.383 e. The number of ether oxygens (including phenoxy) is 1. The second-order valence-corrected chi connectivity index (χ2v) is 5.67. The van der Waals surface area contributed by atoms with Crippen LogP contribution in [0, 0.1) is 6.92 Å². The first kappa shape index (κ1) is 17.3. The molecule has 23 heavy (non-hydrogen) atoms. The number of hydrogen-bond acceptors (Lipinski definition) is 5. The van der Waals surface area contributed by atoms with E-state index in [4.69, 9.17) is 4.74 Å². The van der Waals surface area contributed by atoms with Crippen molar-refractivity contribution in [1.82, 2.24) is 19.8 Å². The Morgan fingerprint density at radius 2 is 1.96 bits per heavy atom. The van der Waals surface area contributed by atoms with E-state index < -0.39 is 0 Å². The number of nitrogens with zero attached hydrogens (tertiary/aromatic N) is 4. The van der Waals surface area contributed by atoms with Gasteiger partial charge >= 0.3 is 0 Å². The molecule has 0 saturated carbocycles. The molecule has 0 N–H and O–H groups in total. The van der Waals surface area contributed by atoms with Crippen molar-refractivity contribution in [2.24, 2.45) is 0 Å². The van der Waals surface area contributed by atoms with E-state index in [1.165, 1.54) is 6.20 Å². The SMILES string of the molecule is COCCN(CCC(=O)N1CCCC1)C(=O)c1cnc(C)cn1. The van der Waals surface area contributed by atoms with Crippen LogP contribution in [-0.4, -0.2) is 71.5 Å². The van der Waals surface area contributed by atoms with Gasteiger partial charge in [0.25, 0.3) is 5.91 Å². The third-order valence-electron chi connectivity index (χ3n) is 3.91. The zero-order valence-corrected chi connectivity index (χ0v) is 13.8. The number of hydrogen-bond donors (Lipinski definition) is 0. The van der Waals surface area contributed by atoms with Crippen molar-refractivity contribution >= 4 is 11.8 Å². The number of carbonyl (C=O) groups excluding carboxylic acids is 2. The maximum Gasteiger partial charge on any atom is 0.274 e. The minimum absolute atomic E-state index is 0.104. The highest BCUT2D eigenvalue weighted by Gasteiger charge is 2.21. The topological polar surface area (TPSA) is 75.6 Å². The van der Waals surface area contributed by atoms with Gasteiger partial charge in [0.2, 0.25) is 5.91 Å². The van der Waals surface area contributed by atoms with E-state index in [-0.39, 0.29) is 11.8 Å². The van der Waals surface area contributed by atoms with Gasteiger partial charge in [-0.15, -0.1) is 0 Å². The van der Waals surface area contributed by atoms with Crippen LogP contribution < -0.4 is 0 Å². The molecule has 126 valence electrons. The van der Waals surface area contributed by atoms with Gasteiger partial charge in [-0.05, 0) is 19.8 Å². The van der Waals surface area contributed by atoms with Crippen molar-refractivity contribution in [3.63, 3.8) is 0 Å². The lowest BCUT2D eigenvalue weighted by Gasteiger charge is -2.23. The number of rotatable bonds is 7. The van der Waals surface area contributed by atoms with Crippen molar-refractivity contribution in [2.75, 3.05) is 39.9 Å². The van der Waals surface area contributed by atoms with Crippen LogP contribution in [0.15, 0.2) is 12.4 Å². The van der Waals surface area contributed by atoms with Crippen LogP contribution in [0.4, 0.5) is 0 Å². The Balaban J connectivity index is 1.96. The smallest absolute Gasteiger partial charge is 0.274 e. The normalized spacial score (nSPS) is 14.1. The predicted octanol–water partition coefficient (Wildman–Crippen LogP) is 0.886. The van der Waals surface area contributed by atoms with Crippen LogP contribution >= 0.6 is 0 Å². The molecule has 7 heteroatoms. The lowest BCUT2D eigenvalue weighted by atomic mass is 10.3. The number of likely N-dealkylation sites (tertiary alicyclic amines) is 1. The first-order valence-corrected chi connectivity index (χ1v) is 7.96. The van der Waals surface area contributed by atoms with Crippen LogP contribution in [0.25, 0.3) is 0 Å². The summed E-state index contributed by atoms with van der Waals surface area (Å²) in [5.41, 5.74) is 1.05. The standard InChI is InChI=1S/C16H24N4O3/c1-13-11-18-14(12-17-13)16(22)20(9-10-23-2)8-5-15(21)19-6-3-4-7-19/h11-12H,3-10H2,1-2H3. The summed E-state index contributed by atoms with van der Waals surface area (Å²) in [5, 5.41) is 0. The van der Waals surface area contributed by atoms with Gasteiger partial charge in [-0.25, -0.2) is 4.98 Å². The van der Waals surface area contributed by atoms with Crippen LogP contribution in [0.1, 0.15) is 35.4 Å². The van der Waals surface area contributed by atoms with Gasteiger partial charge in [0.1, 0.15) is 5.69 Å². The second kappa shape index (κ2) is 8.57. The van der Waals surface area contributed by atoms with Crippen LogP contribution in [0.5, 0.6) is 0 Å². The Bertz CT molecular complexity index is 527. The Hall–Kier alpha value is -2.02. The van der Waals surface area contributed by atoms with E-state index >= 15 is 0 Å². The molecule has 0 radical (unpaired) electrons. The zero-order chi connectivity index (χ0) is 16.7. The fourth-order valence-corrected chi connectivity index (χ4v) is 2.54. The molecule has 0 atom stereocenters. The van der Waals surface area contributed by atoms with Gasteiger partial charge in [-0.2, -0.15) is 0 Å². The van der Waals surface area contributed by atoms with Gasteiger partial charge in [0, 0.05) is 45.9 Å². The molecule has 2 heterocycles. The van der Waals surface area contributed by atoms with Gasteiger partial charge in [0.15, 0.2) is 0 Å². The molecule has 2 rings (SSSR count). The minimum atomic E-state index is -0.219. The Morgan fingerprint density at radius 3 is 2.57 bits per heavy atom. The summed E-state index contributed by atoms with van der Waals surface area (Å²) in [5.74, 6) is -0.114. The van der Waals surface area contributed by atoms with E-state index in [0.717, 1.165) is 31.6 Å². The van der Waals surface area contributed by atoms with E-state index in [0.29, 0.717) is 31.8 Å². The molecular formula is C16H24N4O3. The lowest BCUT2D eigenvalue weighted by molar-refractivity contribution is -0.130. The van der Waals surface area contributed by atoms with Crippen LogP contribution in [0.2, 0.25) is 0 Å². The first-order valence-electron chi connectivity index (χ1n) is 7.96. The summed E-state index contributed by atoms with van der Waals surface area (Å²) in [6.07, 6.45) is 5.50. The summed E-state index contributed by atoms with van der Waals surface area (Å²) < 4.78 is 5.06. The monoisotopic (exact) mass is 320 g/mol. The summed E-state index contributed by atoms with van der Waals surface area (Å²) in [6, 6.07) is 0. The molecule has 1 aromatic rings. The van der Waals surface area contributed by atoms with Gasteiger partial charge in [0.05, 0.1) is 18.5 Å². The van der Waals surface area contributed by atoms with E-state index in [1.54, 1.807) is 18.2 Å². The summed E-state index contributed by atoms with van der Waals surface area (Å²) in [6.45, 7) is 4.69. The molecule has 0 spiro atoms. The van der Waals surface area contributed by atoms with E-state index in [2.05, 4.69) is 9.97 Å². The van der Waals surface area contributed by atoms with Crippen molar-refractivity contribution in [1.29, 1.82) is 0 Å². The summed E-state index contributed by atoms with van der Waals surface area (Å²) in [4.78, 5) is 36.4. The van der Waals surface area contributed by atoms with Crippen LogP contribution in [-0.2, 0) is 9.53 Å². The van der Waals surface area contributed by atoms with Gasteiger partial charge in [-0.3, -0.25) is 14.6 Å². The average molecular weight is 320 g/mol.